The van der Waals surface area contributed by atoms with Crippen LogP contribution in [0.2, 0.25) is 0 Å². The first-order chi connectivity index (χ1) is 9.13. The molecule has 0 amide bonds. The van der Waals surface area contributed by atoms with Crippen molar-refractivity contribution in [1.82, 2.24) is 14.6 Å². The van der Waals surface area contributed by atoms with Gasteiger partial charge in [-0.05, 0) is 31.5 Å². The number of aromatic nitrogens is 2. The van der Waals surface area contributed by atoms with E-state index in [4.69, 9.17) is 4.84 Å². The molecule has 0 spiro atoms. The summed E-state index contributed by atoms with van der Waals surface area (Å²) in [6.45, 7) is 4.62. The minimum absolute atomic E-state index is 0.0160. The fourth-order valence-electron chi connectivity index (χ4n) is 1.91. The van der Waals surface area contributed by atoms with E-state index < -0.39 is 0 Å². The molecular formula is C14H19N3O2. The Morgan fingerprint density at radius 1 is 1.21 bits per heavy atom. The van der Waals surface area contributed by atoms with Gasteiger partial charge < -0.3 is 4.84 Å². The van der Waals surface area contributed by atoms with Gasteiger partial charge in [0.25, 0.3) is 0 Å². The van der Waals surface area contributed by atoms with Gasteiger partial charge in [0.1, 0.15) is 0 Å². The van der Waals surface area contributed by atoms with E-state index in [2.05, 4.69) is 5.48 Å². The molecular weight excluding hydrogens is 242 g/mol. The predicted molar refractivity (Wildman–Crippen MR) is 74.3 cm³/mol. The molecule has 1 heterocycles. The summed E-state index contributed by atoms with van der Waals surface area (Å²) in [4.78, 5) is 17.0. The number of imidazole rings is 1. The lowest BCUT2D eigenvalue weighted by atomic mass is 10.2. The Bertz CT molecular complexity index is 581. The van der Waals surface area contributed by atoms with Gasteiger partial charge in [0.15, 0.2) is 0 Å². The second-order valence-electron chi connectivity index (χ2n) is 4.64. The molecule has 0 aliphatic rings. The summed E-state index contributed by atoms with van der Waals surface area (Å²) in [5.74, 6) is 0. The third-order valence-electron chi connectivity index (χ3n) is 2.99. The fourth-order valence-corrected chi connectivity index (χ4v) is 1.91. The van der Waals surface area contributed by atoms with Crippen LogP contribution in [0.25, 0.3) is 5.69 Å². The van der Waals surface area contributed by atoms with Crippen LogP contribution in [0, 0.1) is 0 Å². The van der Waals surface area contributed by atoms with Gasteiger partial charge in [-0.25, -0.2) is 4.79 Å². The lowest BCUT2D eigenvalue weighted by molar-refractivity contribution is 0.0867. The Balaban J connectivity index is 2.25. The first-order valence-electron chi connectivity index (χ1n) is 6.28. The summed E-state index contributed by atoms with van der Waals surface area (Å²) in [6.07, 6.45) is 3.61. The maximum absolute atomic E-state index is 12.2. The zero-order chi connectivity index (χ0) is 13.8. The molecule has 0 aliphatic heterocycles. The quantitative estimate of drug-likeness (QED) is 0.836. The molecule has 0 unspecified atom stereocenters. The van der Waals surface area contributed by atoms with Gasteiger partial charge in [-0.15, -0.1) is 0 Å². The van der Waals surface area contributed by atoms with E-state index in [0.29, 0.717) is 6.54 Å². The highest BCUT2D eigenvalue weighted by Gasteiger charge is 2.07. The molecule has 5 heteroatoms. The van der Waals surface area contributed by atoms with E-state index in [1.54, 1.807) is 22.4 Å². The molecule has 0 aliphatic carbocycles. The summed E-state index contributed by atoms with van der Waals surface area (Å²) < 4.78 is 3.36. The minimum Gasteiger partial charge on any atom is -0.305 e. The predicted octanol–water partition coefficient (Wildman–Crippen LogP) is 1.87. The molecule has 0 radical (unpaired) electrons. The van der Waals surface area contributed by atoms with Crippen molar-refractivity contribution in [2.75, 3.05) is 7.11 Å². The topological polar surface area (TPSA) is 48.2 Å². The maximum Gasteiger partial charge on any atom is 0.332 e. The van der Waals surface area contributed by atoms with Crippen molar-refractivity contribution in [3.63, 3.8) is 0 Å². The lowest BCUT2D eigenvalue weighted by Gasteiger charge is -2.06. The third kappa shape index (κ3) is 2.94. The third-order valence-corrected chi connectivity index (χ3v) is 2.99. The van der Waals surface area contributed by atoms with Crippen LogP contribution < -0.4 is 11.2 Å². The van der Waals surface area contributed by atoms with E-state index in [9.17, 15) is 4.79 Å². The molecule has 1 aromatic carbocycles. The number of hydroxylamine groups is 1. The molecule has 1 N–H and O–H groups in total. The van der Waals surface area contributed by atoms with Crippen molar-refractivity contribution >= 4 is 0 Å². The zero-order valence-electron chi connectivity index (χ0n) is 11.5. The van der Waals surface area contributed by atoms with Crippen molar-refractivity contribution in [1.29, 1.82) is 0 Å². The minimum atomic E-state index is -0.0160. The Morgan fingerprint density at radius 2 is 1.89 bits per heavy atom. The molecule has 0 saturated heterocycles. The Kier molecular flexibility index (Phi) is 4.19. The lowest BCUT2D eigenvalue weighted by Crippen LogP contribution is -2.24. The van der Waals surface area contributed by atoms with E-state index in [1.807, 2.05) is 44.3 Å². The summed E-state index contributed by atoms with van der Waals surface area (Å²) in [6, 6.07) is 7.97. The monoisotopic (exact) mass is 261 g/mol. The van der Waals surface area contributed by atoms with Crippen molar-refractivity contribution in [3.8, 4) is 5.69 Å². The number of hydrogen-bond donors (Lipinski definition) is 1. The van der Waals surface area contributed by atoms with Crippen LogP contribution in [-0.4, -0.2) is 16.2 Å². The highest BCUT2D eigenvalue weighted by molar-refractivity contribution is 5.34. The van der Waals surface area contributed by atoms with Crippen molar-refractivity contribution < 1.29 is 4.84 Å². The second kappa shape index (κ2) is 5.86. The van der Waals surface area contributed by atoms with E-state index >= 15 is 0 Å². The molecule has 1 aromatic heterocycles. The van der Waals surface area contributed by atoms with E-state index in [1.165, 1.54) is 0 Å². The summed E-state index contributed by atoms with van der Waals surface area (Å²) in [5, 5.41) is 0. The van der Waals surface area contributed by atoms with Crippen LogP contribution in [-0.2, 0) is 11.4 Å². The molecule has 0 atom stereocenters. The molecule has 2 rings (SSSR count). The molecule has 5 nitrogen and oxygen atoms in total. The number of rotatable bonds is 5. The number of nitrogens with one attached hydrogen (secondary N) is 1. The summed E-state index contributed by atoms with van der Waals surface area (Å²) in [7, 11) is 1.59. The molecule has 2 aromatic rings. The van der Waals surface area contributed by atoms with Crippen LogP contribution in [0.5, 0.6) is 0 Å². The van der Waals surface area contributed by atoms with Crippen LogP contribution in [0.3, 0.4) is 0 Å². The highest BCUT2D eigenvalue weighted by Crippen LogP contribution is 2.09. The summed E-state index contributed by atoms with van der Waals surface area (Å²) >= 11 is 0. The van der Waals surface area contributed by atoms with Crippen LogP contribution in [0.1, 0.15) is 25.5 Å². The maximum atomic E-state index is 12.2. The van der Waals surface area contributed by atoms with Crippen molar-refractivity contribution in [3.05, 3.63) is 52.7 Å². The first kappa shape index (κ1) is 13.6. The van der Waals surface area contributed by atoms with Crippen LogP contribution >= 0.6 is 0 Å². The number of benzene rings is 1. The number of nitrogens with zero attached hydrogens (tertiary/aromatic N) is 2. The molecule has 0 saturated carbocycles. The Morgan fingerprint density at radius 3 is 2.42 bits per heavy atom. The van der Waals surface area contributed by atoms with Gasteiger partial charge in [0.2, 0.25) is 0 Å². The van der Waals surface area contributed by atoms with Crippen LogP contribution in [0.4, 0.5) is 0 Å². The molecule has 19 heavy (non-hydrogen) atoms. The Hall–Kier alpha value is -1.85. The van der Waals surface area contributed by atoms with Crippen molar-refractivity contribution in [2.24, 2.45) is 0 Å². The molecule has 0 bridgehead atoms. The first-order valence-corrected chi connectivity index (χ1v) is 6.28. The molecule has 0 fully saturated rings. The second-order valence-corrected chi connectivity index (χ2v) is 4.64. The van der Waals surface area contributed by atoms with Gasteiger partial charge in [-0.3, -0.25) is 9.13 Å². The largest absolute Gasteiger partial charge is 0.332 e. The smallest absolute Gasteiger partial charge is 0.305 e. The number of hydrogen-bond acceptors (Lipinski definition) is 3. The summed E-state index contributed by atoms with van der Waals surface area (Å²) in [5.41, 5.74) is 4.73. The average Bonchev–Trinajstić information content (AvgIpc) is 2.79. The van der Waals surface area contributed by atoms with Gasteiger partial charge in [-0.1, -0.05) is 12.1 Å². The van der Waals surface area contributed by atoms with Gasteiger partial charge in [-0.2, -0.15) is 5.48 Å². The van der Waals surface area contributed by atoms with Crippen LogP contribution in [0.15, 0.2) is 41.5 Å². The van der Waals surface area contributed by atoms with Gasteiger partial charge >= 0.3 is 5.69 Å². The zero-order valence-corrected chi connectivity index (χ0v) is 11.5. The van der Waals surface area contributed by atoms with Gasteiger partial charge in [0.05, 0.1) is 12.8 Å². The highest BCUT2D eigenvalue weighted by atomic mass is 16.6. The SMILES string of the molecule is CONCc1ccc(-n2ccn(C(C)C)c2=O)cc1. The fraction of sp³-hybridized carbons (Fsp3) is 0.357. The average molecular weight is 261 g/mol. The van der Waals surface area contributed by atoms with Gasteiger partial charge in [0, 0.05) is 25.0 Å². The molecule has 102 valence electrons. The van der Waals surface area contributed by atoms with E-state index in [-0.39, 0.29) is 11.7 Å². The normalized spacial score (nSPS) is 11.2. The van der Waals surface area contributed by atoms with Crippen molar-refractivity contribution in [2.45, 2.75) is 26.4 Å². The Labute approximate surface area is 112 Å². The van der Waals surface area contributed by atoms with E-state index in [0.717, 1.165) is 11.3 Å². The standard InChI is InChI=1S/C14H19N3O2/c1-11(2)16-8-9-17(14(16)18)13-6-4-12(5-7-13)10-15-19-3/h4-9,11,15H,10H2,1-3H3.